The highest BCUT2D eigenvalue weighted by atomic mass is 35.5. The van der Waals surface area contributed by atoms with Crippen LogP contribution >= 0.6 is 34.8 Å². The standard InChI is InChI=1S/C24H22Cl3N5O2/c1-24(2,3)23-29-28-21(34-23)19-18(22(33)31(4)5)20(13-6-8-14(25)9-7-13)32(30-19)17-11-10-15(26)12-16(17)27/h6-12H,1-5H3. The maximum atomic E-state index is 13.5. The molecule has 0 aliphatic rings. The van der Waals surface area contributed by atoms with E-state index in [1.165, 1.54) is 4.90 Å². The summed E-state index contributed by atoms with van der Waals surface area (Å²) in [6, 6.07) is 12.2. The van der Waals surface area contributed by atoms with Gasteiger partial charge < -0.3 is 9.32 Å². The lowest BCUT2D eigenvalue weighted by Gasteiger charge is -2.14. The zero-order valence-corrected chi connectivity index (χ0v) is 21.5. The Bertz CT molecular complexity index is 1370. The molecule has 0 saturated heterocycles. The van der Waals surface area contributed by atoms with Gasteiger partial charge in [-0.1, -0.05) is 67.7 Å². The number of nitrogens with zero attached hydrogens (tertiary/aromatic N) is 5. The predicted molar refractivity (Wildman–Crippen MR) is 134 cm³/mol. The molecule has 0 bridgehead atoms. The fourth-order valence-corrected chi connectivity index (χ4v) is 3.93. The summed E-state index contributed by atoms with van der Waals surface area (Å²) in [6.45, 7) is 5.88. The van der Waals surface area contributed by atoms with Crippen molar-refractivity contribution >= 4 is 40.7 Å². The molecule has 0 aliphatic heterocycles. The molecule has 4 aromatic rings. The second kappa shape index (κ2) is 9.06. The first-order chi connectivity index (χ1) is 16.0. The fraction of sp³-hybridized carbons (Fsp3) is 0.250. The Labute approximate surface area is 212 Å². The predicted octanol–water partition coefficient (Wildman–Crippen LogP) is 6.55. The number of aromatic nitrogens is 4. The minimum absolute atomic E-state index is 0.133. The van der Waals surface area contributed by atoms with Crippen LogP contribution in [0, 0.1) is 0 Å². The lowest BCUT2D eigenvalue weighted by atomic mass is 9.97. The number of amides is 1. The Kier molecular flexibility index (Phi) is 6.46. The number of halogens is 3. The van der Waals surface area contributed by atoms with E-state index in [2.05, 4.69) is 10.2 Å². The Hall–Kier alpha value is -2.87. The Morgan fingerprint density at radius 2 is 1.62 bits per heavy atom. The SMILES string of the molecule is CN(C)C(=O)c1c(-c2nnc(C(C)(C)C)o2)nn(-c2ccc(Cl)cc2Cl)c1-c1ccc(Cl)cc1. The minimum atomic E-state index is -0.377. The first kappa shape index (κ1) is 24.3. The van der Waals surface area contributed by atoms with Crippen LogP contribution in [0.5, 0.6) is 0 Å². The first-order valence-electron chi connectivity index (χ1n) is 10.4. The van der Waals surface area contributed by atoms with E-state index < -0.39 is 0 Å². The minimum Gasteiger partial charge on any atom is -0.419 e. The van der Waals surface area contributed by atoms with Crippen molar-refractivity contribution in [3.8, 4) is 28.5 Å². The summed E-state index contributed by atoms with van der Waals surface area (Å²) in [6.07, 6.45) is 0. The third kappa shape index (κ3) is 4.56. The highest BCUT2D eigenvalue weighted by Gasteiger charge is 2.32. The van der Waals surface area contributed by atoms with Crippen molar-refractivity contribution in [3.05, 3.63) is 69.0 Å². The van der Waals surface area contributed by atoms with E-state index in [0.29, 0.717) is 43.5 Å². The monoisotopic (exact) mass is 517 g/mol. The topological polar surface area (TPSA) is 77.1 Å². The Morgan fingerprint density at radius 1 is 0.971 bits per heavy atom. The fourth-order valence-electron chi connectivity index (χ4n) is 3.32. The lowest BCUT2D eigenvalue weighted by Crippen LogP contribution is -2.22. The van der Waals surface area contributed by atoms with Gasteiger partial charge in [-0.2, -0.15) is 5.10 Å². The van der Waals surface area contributed by atoms with Gasteiger partial charge in [-0.3, -0.25) is 4.79 Å². The van der Waals surface area contributed by atoms with Crippen LogP contribution in [-0.4, -0.2) is 44.9 Å². The van der Waals surface area contributed by atoms with Crippen molar-refractivity contribution in [1.29, 1.82) is 0 Å². The Morgan fingerprint density at radius 3 is 2.18 bits per heavy atom. The second-order valence-electron chi connectivity index (χ2n) is 8.95. The highest BCUT2D eigenvalue weighted by molar-refractivity contribution is 6.35. The summed E-state index contributed by atoms with van der Waals surface area (Å²) >= 11 is 18.8. The van der Waals surface area contributed by atoms with E-state index >= 15 is 0 Å². The molecule has 0 unspecified atom stereocenters. The van der Waals surface area contributed by atoms with E-state index in [1.54, 1.807) is 49.1 Å². The van der Waals surface area contributed by atoms with Gasteiger partial charge in [0, 0.05) is 35.1 Å². The van der Waals surface area contributed by atoms with Crippen LogP contribution in [0.2, 0.25) is 15.1 Å². The number of rotatable bonds is 4. The normalized spacial score (nSPS) is 11.6. The number of carbonyl (C=O) groups excluding carboxylic acids is 1. The smallest absolute Gasteiger partial charge is 0.269 e. The average Bonchev–Trinajstić information content (AvgIpc) is 3.39. The highest BCUT2D eigenvalue weighted by Crippen LogP contribution is 2.38. The van der Waals surface area contributed by atoms with Crippen LogP contribution < -0.4 is 0 Å². The third-order valence-corrected chi connectivity index (χ3v) is 5.82. The lowest BCUT2D eigenvalue weighted by molar-refractivity contribution is 0.0829. The van der Waals surface area contributed by atoms with Crippen molar-refractivity contribution in [2.75, 3.05) is 14.1 Å². The molecule has 2 aromatic carbocycles. The molecule has 176 valence electrons. The Balaban J connectivity index is 2.08. The summed E-state index contributed by atoms with van der Waals surface area (Å²) in [4.78, 5) is 15.0. The summed E-state index contributed by atoms with van der Waals surface area (Å²) in [5.74, 6) is 0.277. The van der Waals surface area contributed by atoms with Gasteiger partial charge in [-0.05, 0) is 30.3 Å². The molecule has 0 aliphatic carbocycles. The summed E-state index contributed by atoms with van der Waals surface area (Å²) in [5, 5.41) is 14.5. The van der Waals surface area contributed by atoms with Crippen molar-refractivity contribution < 1.29 is 9.21 Å². The quantitative estimate of drug-likeness (QED) is 0.306. The van der Waals surface area contributed by atoms with E-state index in [-0.39, 0.29) is 22.9 Å². The molecule has 0 atom stereocenters. The van der Waals surface area contributed by atoms with Crippen LogP contribution in [0.3, 0.4) is 0 Å². The molecule has 10 heteroatoms. The van der Waals surface area contributed by atoms with Crippen LogP contribution in [0.25, 0.3) is 28.5 Å². The maximum Gasteiger partial charge on any atom is 0.269 e. The molecule has 0 radical (unpaired) electrons. The van der Waals surface area contributed by atoms with Gasteiger partial charge in [0.1, 0.15) is 0 Å². The number of hydrogen-bond donors (Lipinski definition) is 0. The van der Waals surface area contributed by atoms with Crippen LogP contribution in [0.1, 0.15) is 37.0 Å². The van der Waals surface area contributed by atoms with Crippen molar-refractivity contribution in [3.63, 3.8) is 0 Å². The summed E-state index contributed by atoms with van der Waals surface area (Å²) < 4.78 is 7.56. The number of hydrogen-bond acceptors (Lipinski definition) is 5. The summed E-state index contributed by atoms with van der Waals surface area (Å²) in [5.41, 5.74) is 1.91. The molecule has 0 saturated carbocycles. The van der Waals surface area contributed by atoms with E-state index in [9.17, 15) is 4.79 Å². The van der Waals surface area contributed by atoms with E-state index in [0.717, 1.165) is 0 Å². The van der Waals surface area contributed by atoms with Gasteiger partial charge in [0.2, 0.25) is 5.89 Å². The molecule has 2 heterocycles. The maximum absolute atomic E-state index is 13.5. The van der Waals surface area contributed by atoms with E-state index in [1.807, 2.05) is 32.9 Å². The molecule has 1 amide bonds. The van der Waals surface area contributed by atoms with Crippen molar-refractivity contribution in [2.24, 2.45) is 0 Å². The zero-order chi connectivity index (χ0) is 24.8. The zero-order valence-electron chi connectivity index (χ0n) is 19.2. The van der Waals surface area contributed by atoms with Gasteiger partial charge in [0.15, 0.2) is 5.69 Å². The second-order valence-corrected chi connectivity index (χ2v) is 10.2. The molecule has 0 spiro atoms. The van der Waals surface area contributed by atoms with Crippen molar-refractivity contribution in [1.82, 2.24) is 24.9 Å². The van der Waals surface area contributed by atoms with Gasteiger partial charge in [-0.25, -0.2) is 4.68 Å². The molecule has 0 fully saturated rings. The first-order valence-corrected chi connectivity index (χ1v) is 11.5. The molecule has 0 N–H and O–H groups in total. The van der Waals surface area contributed by atoms with Crippen molar-refractivity contribution in [2.45, 2.75) is 26.2 Å². The van der Waals surface area contributed by atoms with Crippen LogP contribution in [0.4, 0.5) is 0 Å². The van der Waals surface area contributed by atoms with Gasteiger partial charge in [0.25, 0.3) is 11.8 Å². The molecular formula is C24H22Cl3N5O2. The molecule has 4 rings (SSSR count). The van der Waals surface area contributed by atoms with Gasteiger partial charge in [-0.15, -0.1) is 10.2 Å². The number of carbonyl (C=O) groups is 1. The third-order valence-electron chi connectivity index (χ3n) is 5.03. The van der Waals surface area contributed by atoms with Crippen LogP contribution in [0.15, 0.2) is 46.9 Å². The summed E-state index contributed by atoms with van der Waals surface area (Å²) in [7, 11) is 3.33. The van der Waals surface area contributed by atoms with Gasteiger partial charge >= 0.3 is 0 Å². The average molecular weight is 519 g/mol. The molecular weight excluding hydrogens is 497 g/mol. The molecule has 34 heavy (non-hydrogen) atoms. The van der Waals surface area contributed by atoms with E-state index in [4.69, 9.17) is 44.3 Å². The molecule has 7 nitrogen and oxygen atoms in total. The number of benzene rings is 2. The van der Waals surface area contributed by atoms with Gasteiger partial charge in [0.05, 0.1) is 22.0 Å². The molecule has 2 aromatic heterocycles. The largest absolute Gasteiger partial charge is 0.419 e. The van der Waals surface area contributed by atoms with Crippen LogP contribution in [-0.2, 0) is 5.41 Å².